The lowest BCUT2D eigenvalue weighted by Crippen LogP contribution is -2.22. The van der Waals surface area contributed by atoms with E-state index in [9.17, 15) is 9.59 Å². The molecule has 1 aromatic heterocycles. The van der Waals surface area contributed by atoms with Crippen molar-refractivity contribution >= 4 is 29.4 Å². The second kappa shape index (κ2) is 6.66. The third-order valence-electron chi connectivity index (χ3n) is 3.54. The largest absolute Gasteiger partial charge is 0.365 e. The number of benzene rings is 2. The maximum absolute atomic E-state index is 11.5. The zero-order valence-electron chi connectivity index (χ0n) is 12.9. The first-order valence-corrected chi connectivity index (χ1v) is 7.65. The van der Waals surface area contributed by atoms with Crippen LogP contribution in [0.3, 0.4) is 0 Å². The summed E-state index contributed by atoms with van der Waals surface area (Å²) in [6, 6.07) is 14.1. The zero-order valence-corrected chi connectivity index (χ0v) is 13.7. The summed E-state index contributed by atoms with van der Waals surface area (Å²) in [5.41, 5.74) is 13.0. The van der Waals surface area contributed by atoms with Crippen molar-refractivity contribution in [2.24, 2.45) is 11.5 Å². The highest BCUT2D eigenvalue weighted by Gasteiger charge is 2.16. The summed E-state index contributed by atoms with van der Waals surface area (Å²) >= 11 is 6.20. The maximum Gasteiger partial charge on any atom is 0.317 e. The van der Waals surface area contributed by atoms with Crippen molar-refractivity contribution in [3.05, 3.63) is 65.3 Å². The van der Waals surface area contributed by atoms with Crippen LogP contribution < -0.4 is 16.8 Å². The molecule has 5 N–H and O–H groups in total. The quantitative estimate of drug-likeness (QED) is 0.668. The summed E-state index contributed by atoms with van der Waals surface area (Å²) in [4.78, 5) is 22.5. The second-order valence-corrected chi connectivity index (χ2v) is 5.62. The molecule has 2 aromatic carbocycles. The Morgan fingerprint density at radius 3 is 2.32 bits per heavy atom. The van der Waals surface area contributed by atoms with Crippen LogP contribution in [0, 0.1) is 0 Å². The van der Waals surface area contributed by atoms with Crippen LogP contribution in [-0.2, 0) is 0 Å². The predicted molar refractivity (Wildman–Crippen MR) is 95.7 cm³/mol. The van der Waals surface area contributed by atoms with Gasteiger partial charge in [-0.3, -0.25) is 10.1 Å². The van der Waals surface area contributed by atoms with Gasteiger partial charge in [0.1, 0.15) is 5.56 Å². The minimum absolute atomic E-state index is 0.00943. The van der Waals surface area contributed by atoms with Gasteiger partial charge in [0.25, 0.3) is 5.91 Å². The lowest BCUT2D eigenvalue weighted by molar-refractivity contribution is 0.100. The van der Waals surface area contributed by atoms with E-state index < -0.39 is 11.9 Å². The van der Waals surface area contributed by atoms with Crippen LogP contribution >= 0.6 is 11.6 Å². The summed E-state index contributed by atoms with van der Waals surface area (Å²) in [5, 5.41) is 7.07. The fraction of sp³-hybridized carbons (Fsp3) is 0. The summed E-state index contributed by atoms with van der Waals surface area (Å²) in [6.45, 7) is 0. The summed E-state index contributed by atoms with van der Waals surface area (Å²) in [6.07, 6.45) is 1.43. The van der Waals surface area contributed by atoms with Crippen molar-refractivity contribution in [1.82, 2.24) is 9.78 Å². The Hall–Kier alpha value is -3.32. The van der Waals surface area contributed by atoms with Crippen molar-refractivity contribution in [3.63, 3.8) is 0 Å². The van der Waals surface area contributed by atoms with Crippen molar-refractivity contribution in [1.29, 1.82) is 0 Å². The number of nitrogens with two attached hydrogens (primary N) is 2. The van der Waals surface area contributed by atoms with Gasteiger partial charge >= 0.3 is 6.03 Å². The van der Waals surface area contributed by atoms with Crippen molar-refractivity contribution in [3.8, 4) is 16.8 Å². The van der Waals surface area contributed by atoms with Gasteiger partial charge in [-0.2, -0.15) is 0 Å². The van der Waals surface area contributed by atoms with Gasteiger partial charge in [-0.05, 0) is 23.8 Å². The molecular formula is C17H14ClN5O2. The number of hydrogen-bond acceptors (Lipinski definition) is 3. The molecule has 3 amide bonds. The Labute approximate surface area is 148 Å². The third-order valence-corrected chi connectivity index (χ3v) is 3.87. The first kappa shape index (κ1) is 16.5. The standard InChI is InChI=1S/C17H14ClN5O2/c18-14-4-2-1-3-12(14)10-5-7-11(8-6-10)23-9-13(15(19)24)16(22-23)21-17(20)25/h1-9H,(H2,19,24)(H3,20,21,22,25). The van der Waals surface area contributed by atoms with Crippen LogP contribution in [0.25, 0.3) is 16.8 Å². The molecule has 0 spiro atoms. The fourth-order valence-electron chi connectivity index (χ4n) is 2.38. The number of urea groups is 1. The van der Waals surface area contributed by atoms with Gasteiger partial charge in [-0.1, -0.05) is 41.9 Å². The molecule has 0 saturated heterocycles. The van der Waals surface area contributed by atoms with Crippen molar-refractivity contribution in [2.45, 2.75) is 0 Å². The number of halogens is 1. The van der Waals surface area contributed by atoms with Gasteiger partial charge in [0.15, 0.2) is 5.82 Å². The Morgan fingerprint density at radius 2 is 1.72 bits per heavy atom. The molecule has 126 valence electrons. The Balaban J connectivity index is 1.96. The highest BCUT2D eigenvalue weighted by atomic mass is 35.5. The SMILES string of the molecule is NC(=O)Nc1nn(-c2ccc(-c3ccccc3Cl)cc2)cc1C(N)=O. The molecule has 0 saturated carbocycles. The normalized spacial score (nSPS) is 10.4. The highest BCUT2D eigenvalue weighted by molar-refractivity contribution is 6.33. The first-order valence-electron chi connectivity index (χ1n) is 7.27. The Morgan fingerprint density at radius 1 is 1.04 bits per heavy atom. The van der Waals surface area contributed by atoms with Gasteiger partial charge in [0, 0.05) is 16.8 Å². The topological polar surface area (TPSA) is 116 Å². The lowest BCUT2D eigenvalue weighted by Gasteiger charge is -2.06. The molecule has 7 nitrogen and oxygen atoms in total. The molecule has 3 rings (SSSR count). The molecule has 0 aliphatic heterocycles. The van der Waals surface area contributed by atoms with E-state index in [0.29, 0.717) is 10.7 Å². The number of aromatic nitrogens is 2. The number of hydrogen-bond donors (Lipinski definition) is 3. The highest BCUT2D eigenvalue weighted by Crippen LogP contribution is 2.28. The number of nitrogens with zero attached hydrogens (tertiary/aromatic N) is 2. The van der Waals surface area contributed by atoms with Crippen LogP contribution in [0.5, 0.6) is 0 Å². The molecule has 3 aromatic rings. The molecule has 0 unspecified atom stereocenters. The average molecular weight is 356 g/mol. The van der Waals surface area contributed by atoms with Crippen molar-refractivity contribution < 1.29 is 9.59 Å². The molecule has 0 aliphatic rings. The van der Waals surface area contributed by atoms with E-state index in [1.165, 1.54) is 10.9 Å². The average Bonchev–Trinajstić information content (AvgIpc) is 2.99. The number of carbonyl (C=O) groups excluding carboxylic acids is 2. The van der Waals surface area contributed by atoms with Gasteiger partial charge in [0.05, 0.1) is 5.69 Å². The summed E-state index contributed by atoms with van der Waals surface area (Å²) < 4.78 is 1.43. The number of amides is 3. The summed E-state index contributed by atoms with van der Waals surface area (Å²) in [7, 11) is 0. The van der Waals surface area contributed by atoms with Crippen LogP contribution in [0.2, 0.25) is 5.02 Å². The molecule has 0 bridgehead atoms. The van der Waals surface area contributed by atoms with E-state index >= 15 is 0 Å². The van der Waals surface area contributed by atoms with E-state index in [-0.39, 0.29) is 11.4 Å². The summed E-state index contributed by atoms with van der Waals surface area (Å²) in [5.74, 6) is -0.710. The number of nitrogens with one attached hydrogen (secondary N) is 1. The smallest absolute Gasteiger partial charge is 0.317 e. The van der Waals surface area contributed by atoms with E-state index in [1.54, 1.807) is 0 Å². The predicted octanol–water partition coefficient (Wildman–Crippen LogP) is 2.78. The maximum atomic E-state index is 11.5. The van der Waals surface area contributed by atoms with E-state index in [1.807, 2.05) is 48.5 Å². The van der Waals surface area contributed by atoms with Gasteiger partial charge in [0.2, 0.25) is 0 Å². The van der Waals surface area contributed by atoms with Gasteiger partial charge < -0.3 is 11.5 Å². The minimum Gasteiger partial charge on any atom is -0.365 e. The lowest BCUT2D eigenvalue weighted by atomic mass is 10.1. The molecule has 25 heavy (non-hydrogen) atoms. The number of anilines is 1. The van der Waals surface area contributed by atoms with Crippen LogP contribution in [0.4, 0.5) is 10.6 Å². The van der Waals surface area contributed by atoms with Gasteiger partial charge in [-0.15, -0.1) is 5.10 Å². The Kier molecular flexibility index (Phi) is 4.40. The number of rotatable bonds is 4. The third kappa shape index (κ3) is 3.46. The van der Waals surface area contributed by atoms with E-state index in [4.69, 9.17) is 23.1 Å². The molecule has 1 heterocycles. The molecule has 8 heteroatoms. The zero-order chi connectivity index (χ0) is 18.0. The minimum atomic E-state index is -0.832. The molecule has 0 radical (unpaired) electrons. The Bertz CT molecular complexity index is 950. The van der Waals surface area contributed by atoms with Crippen molar-refractivity contribution in [2.75, 3.05) is 5.32 Å². The molecule has 0 aliphatic carbocycles. The second-order valence-electron chi connectivity index (χ2n) is 5.22. The van der Waals surface area contributed by atoms with Crippen LogP contribution in [-0.4, -0.2) is 21.7 Å². The molecule has 0 atom stereocenters. The monoisotopic (exact) mass is 355 g/mol. The number of carbonyl (C=O) groups is 2. The van der Waals surface area contributed by atoms with E-state index in [0.717, 1.165) is 11.1 Å². The van der Waals surface area contributed by atoms with Crippen LogP contribution in [0.1, 0.15) is 10.4 Å². The van der Waals surface area contributed by atoms with Gasteiger partial charge in [-0.25, -0.2) is 9.48 Å². The van der Waals surface area contributed by atoms with E-state index in [2.05, 4.69) is 10.4 Å². The van der Waals surface area contributed by atoms with Crippen LogP contribution in [0.15, 0.2) is 54.7 Å². The molecular weight excluding hydrogens is 342 g/mol. The number of primary amides is 2. The molecule has 0 fully saturated rings. The first-order chi connectivity index (χ1) is 12.0. The fourth-order valence-corrected chi connectivity index (χ4v) is 2.63.